The lowest BCUT2D eigenvalue weighted by atomic mass is 10.1. The molecule has 2 aliphatic heterocycles. The molecule has 3 aromatic heterocycles. The van der Waals surface area contributed by atoms with E-state index >= 15 is 0 Å². The number of aromatic nitrogens is 7. The zero-order chi connectivity index (χ0) is 26.9. The summed E-state index contributed by atoms with van der Waals surface area (Å²) in [5, 5.41) is 17.7. The number of anilines is 2. The van der Waals surface area contributed by atoms with E-state index in [9.17, 15) is 17.9 Å². The Morgan fingerprint density at radius 2 is 1.82 bits per heavy atom. The van der Waals surface area contributed by atoms with Gasteiger partial charge in [-0.2, -0.15) is 9.97 Å². The number of methoxy groups -OCH3 is 2. The van der Waals surface area contributed by atoms with E-state index in [0.29, 0.717) is 18.9 Å². The lowest BCUT2D eigenvalue weighted by Crippen LogP contribution is -2.50. The van der Waals surface area contributed by atoms with Crippen molar-refractivity contribution in [2.75, 3.05) is 43.5 Å². The Bertz CT molecular complexity index is 1360. The van der Waals surface area contributed by atoms with Crippen molar-refractivity contribution in [3.63, 3.8) is 0 Å². The summed E-state index contributed by atoms with van der Waals surface area (Å²) in [5.74, 6) is -0.171. The van der Waals surface area contributed by atoms with Gasteiger partial charge in [0.15, 0.2) is 17.3 Å². The SMILES string of the molecule is COc1ncnc(OC)c1-n1c(NS(=O)(=O)C2CC(O)CN(c3ncc(F)cn3)C2)nnc1[C@@H]1CCCO1. The summed E-state index contributed by atoms with van der Waals surface area (Å²) >= 11 is 0. The maximum atomic E-state index is 13.6. The molecule has 0 saturated carbocycles. The Balaban J connectivity index is 1.51. The number of hydrogen-bond acceptors (Lipinski definition) is 13. The van der Waals surface area contributed by atoms with Gasteiger partial charge in [-0.3, -0.25) is 9.29 Å². The summed E-state index contributed by atoms with van der Waals surface area (Å²) in [6.45, 7) is 0.554. The van der Waals surface area contributed by atoms with Crippen molar-refractivity contribution in [1.29, 1.82) is 0 Å². The summed E-state index contributed by atoms with van der Waals surface area (Å²) in [6.07, 6.45) is 3.12. The highest BCUT2D eigenvalue weighted by atomic mass is 32.2. The van der Waals surface area contributed by atoms with E-state index in [1.165, 1.54) is 30.0 Å². The predicted octanol–water partition coefficient (Wildman–Crippen LogP) is 0.237. The van der Waals surface area contributed by atoms with Crippen molar-refractivity contribution in [1.82, 2.24) is 34.7 Å². The minimum Gasteiger partial charge on any atom is -0.479 e. The average Bonchev–Trinajstić information content (AvgIpc) is 3.58. The molecule has 2 fully saturated rings. The molecule has 17 heteroatoms. The number of nitrogens with one attached hydrogen (secondary N) is 1. The second-order valence-electron chi connectivity index (χ2n) is 8.72. The number of ether oxygens (including phenoxy) is 3. The summed E-state index contributed by atoms with van der Waals surface area (Å²) in [7, 11) is -1.36. The first-order valence-electron chi connectivity index (χ1n) is 11.7. The number of β-amino-alcohol motifs (C(OH)–C–C–N with tert-alkyl or cyclic N) is 1. The highest BCUT2D eigenvalue weighted by Gasteiger charge is 2.38. The first kappa shape index (κ1) is 25.9. The van der Waals surface area contributed by atoms with Crippen molar-refractivity contribution in [3.05, 3.63) is 30.4 Å². The van der Waals surface area contributed by atoms with Gasteiger partial charge in [-0.1, -0.05) is 0 Å². The zero-order valence-electron chi connectivity index (χ0n) is 20.6. The third-order valence-electron chi connectivity index (χ3n) is 6.22. The summed E-state index contributed by atoms with van der Waals surface area (Å²) in [6, 6.07) is 0. The fraction of sp³-hybridized carbons (Fsp3) is 0.524. The summed E-state index contributed by atoms with van der Waals surface area (Å²) in [4.78, 5) is 17.6. The number of piperidine rings is 1. The molecule has 5 heterocycles. The Hall–Kier alpha value is -3.70. The molecule has 2 N–H and O–H groups in total. The minimum atomic E-state index is -4.17. The molecule has 5 rings (SSSR count). The Morgan fingerprint density at radius 3 is 2.45 bits per heavy atom. The Kier molecular flexibility index (Phi) is 7.22. The van der Waals surface area contributed by atoms with E-state index in [4.69, 9.17) is 14.2 Å². The molecule has 0 amide bonds. The quantitative estimate of drug-likeness (QED) is 0.389. The molecule has 15 nitrogen and oxygen atoms in total. The van der Waals surface area contributed by atoms with Gasteiger partial charge in [-0.05, 0) is 19.3 Å². The first-order chi connectivity index (χ1) is 18.3. The number of rotatable bonds is 8. The fourth-order valence-corrected chi connectivity index (χ4v) is 5.91. The lowest BCUT2D eigenvalue weighted by Gasteiger charge is -2.35. The van der Waals surface area contributed by atoms with Gasteiger partial charge in [0.25, 0.3) is 0 Å². The van der Waals surface area contributed by atoms with Crippen LogP contribution in [0.5, 0.6) is 11.8 Å². The third kappa shape index (κ3) is 5.03. The van der Waals surface area contributed by atoms with E-state index in [1.807, 2.05) is 0 Å². The van der Waals surface area contributed by atoms with Gasteiger partial charge in [-0.15, -0.1) is 10.2 Å². The lowest BCUT2D eigenvalue weighted by molar-refractivity contribution is 0.103. The van der Waals surface area contributed by atoms with E-state index in [2.05, 4.69) is 34.9 Å². The smallest absolute Gasteiger partial charge is 0.245 e. The summed E-state index contributed by atoms with van der Waals surface area (Å²) < 4.78 is 61.0. The maximum Gasteiger partial charge on any atom is 0.245 e. The molecule has 0 spiro atoms. The van der Waals surface area contributed by atoms with Crippen LogP contribution in [-0.4, -0.2) is 93.5 Å². The standard InChI is InChI=1S/C21H26FN9O6S/c1-35-18-16(19(36-2)26-11-25-18)31-17(15-4-3-5-37-15)27-28-21(31)29-38(33,34)14-6-13(32)9-30(10-14)20-23-7-12(22)8-24-20/h7-8,11,13-15,32H,3-6,9-10H2,1-2H3,(H,28,29)/t13?,14?,15-/m0/s1. The monoisotopic (exact) mass is 551 g/mol. The molecular formula is C21H26FN9O6S. The molecule has 204 valence electrons. The van der Waals surface area contributed by atoms with E-state index in [1.54, 1.807) is 0 Å². The number of aliphatic hydroxyl groups is 1. The van der Waals surface area contributed by atoms with Crippen LogP contribution in [0.2, 0.25) is 0 Å². The molecule has 38 heavy (non-hydrogen) atoms. The molecule has 0 bridgehead atoms. The second-order valence-corrected chi connectivity index (χ2v) is 10.7. The molecule has 2 saturated heterocycles. The number of nitrogens with zero attached hydrogens (tertiary/aromatic N) is 8. The molecule has 2 unspecified atom stereocenters. The molecule has 2 aliphatic rings. The number of aliphatic hydroxyl groups excluding tert-OH is 1. The van der Waals surface area contributed by atoms with E-state index in [0.717, 1.165) is 18.8 Å². The van der Waals surface area contributed by atoms with Crippen LogP contribution in [0.1, 0.15) is 31.2 Å². The Labute approximate surface area is 217 Å². The van der Waals surface area contributed by atoms with Crippen molar-refractivity contribution in [2.24, 2.45) is 0 Å². The highest BCUT2D eigenvalue weighted by molar-refractivity contribution is 7.93. The highest BCUT2D eigenvalue weighted by Crippen LogP contribution is 2.37. The van der Waals surface area contributed by atoms with Crippen molar-refractivity contribution >= 4 is 21.9 Å². The van der Waals surface area contributed by atoms with E-state index < -0.39 is 33.3 Å². The fourth-order valence-electron chi connectivity index (χ4n) is 4.50. The molecule has 0 radical (unpaired) electrons. The van der Waals surface area contributed by atoms with Crippen molar-refractivity contribution in [3.8, 4) is 17.4 Å². The van der Waals surface area contributed by atoms with Gasteiger partial charge in [-0.25, -0.2) is 22.8 Å². The van der Waals surface area contributed by atoms with Crippen LogP contribution >= 0.6 is 0 Å². The van der Waals surface area contributed by atoms with Crippen LogP contribution in [0, 0.1) is 5.82 Å². The van der Waals surface area contributed by atoms with Crippen LogP contribution in [0.25, 0.3) is 5.69 Å². The normalized spacial score (nSPS) is 21.9. The van der Waals surface area contributed by atoms with Gasteiger partial charge in [0, 0.05) is 19.7 Å². The number of halogens is 1. The van der Waals surface area contributed by atoms with Crippen LogP contribution in [-0.2, 0) is 14.8 Å². The molecule has 3 aromatic rings. The first-order valence-corrected chi connectivity index (χ1v) is 13.3. The molecule has 3 atom stereocenters. The van der Waals surface area contributed by atoms with Crippen LogP contribution in [0.15, 0.2) is 18.7 Å². The van der Waals surface area contributed by atoms with Gasteiger partial charge < -0.3 is 24.2 Å². The van der Waals surface area contributed by atoms with Gasteiger partial charge in [0.1, 0.15) is 17.7 Å². The van der Waals surface area contributed by atoms with Crippen molar-refractivity contribution < 1.29 is 32.1 Å². The second kappa shape index (κ2) is 10.6. The number of hydrogen-bond donors (Lipinski definition) is 2. The zero-order valence-corrected chi connectivity index (χ0v) is 21.4. The predicted molar refractivity (Wildman–Crippen MR) is 129 cm³/mol. The largest absolute Gasteiger partial charge is 0.479 e. The maximum absolute atomic E-state index is 13.6. The van der Waals surface area contributed by atoms with Crippen molar-refractivity contribution in [2.45, 2.75) is 36.7 Å². The van der Waals surface area contributed by atoms with Gasteiger partial charge >= 0.3 is 0 Å². The van der Waals surface area contributed by atoms with Gasteiger partial charge in [0.05, 0.1) is 32.7 Å². The average molecular weight is 552 g/mol. The van der Waals surface area contributed by atoms with E-state index in [-0.39, 0.29) is 48.9 Å². The molecular weight excluding hydrogens is 525 g/mol. The Morgan fingerprint density at radius 1 is 1.11 bits per heavy atom. The minimum absolute atomic E-state index is 0.0498. The van der Waals surface area contributed by atoms with Gasteiger partial charge in [0.2, 0.25) is 33.7 Å². The summed E-state index contributed by atoms with van der Waals surface area (Å²) in [5.41, 5.74) is 0.190. The van der Waals surface area contributed by atoms with Crippen LogP contribution in [0.3, 0.4) is 0 Å². The third-order valence-corrected chi connectivity index (χ3v) is 7.91. The topological polar surface area (TPSA) is 180 Å². The number of sulfonamides is 1. The van der Waals surface area contributed by atoms with Crippen LogP contribution in [0.4, 0.5) is 16.3 Å². The molecule has 0 aromatic carbocycles. The molecule has 0 aliphatic carbocycles. The van der Waals surface area contributed by atoms with Crippen LogP contribution < -0.4 is 19.1 Å².